The van der Waals surface area contributed by atoms with Gasteiger partial charge in [-0.25, -0.2) is 0 Å². The molecule has 0 amide bonds. The quantitative estimate of drug-likeness (QED) is 0.276. The van der Waals surface area contributed by atoms with Gasteiger partial charge in [0.1, 0.15) is 0 Å². The van der Waals surface area contributed by atoms with E-state index in [4.69, 9.17) is 0 Å². The lowest BCUT2D eigenvalue weighted by molar-refractivity contribution is 0.767. The van der Waals surface area contributed by atoms with Crippen molar-refractivity contribution in [2.24, 2.45) is 0 Å². The highest BCUT2D eigenvalue weighted by molar-refractivity contribution is 9.10. The van der Waals surface area contributed by atoms with Crippen LogP contribution in [0.15, 0.2) is 95.5 Å². The van der Waals surface area contributed by atoms with Crippen LogP contribution in [0.5, 0.6) is 0 Å². The van der Waals surface area contributed by atoms with Crippen LogP contribution in [0.1, 0.15) is 33.4 Å². The molecule has 0 fully saturated rings. The molecule has 4 aromatic rings. The van der Waals surface area contributed by atoms with Crippen molar-refractivity contribution in [3.8, 4) is 11.1 Å². The third kappa shape index (κ3) is 2.36. The molecule has 28 heavy (non-hydrogen) atoms. The Bertz CT molecular complexity index is 1130. The molecule has 0 bridgehead atoms. The summed E-state index contributed by atoms with van der Waals surface area (Å²) in [4.78, 5) is 0. The molecule has 0 radical (unpaired) electrons. The molecule has 136 valence electrons. The van der Waals surface area contributed by atoms with Crippen LogP contribution in [-0.2, 0) is 5.41 Å². The molecule has 0 aromatic heterocycles. The van der Waals surface area contributed by atoms with Crippen molar-refractivity contribution in [2.45, 2.75) is 19.3 Å². The third-order valence-corrected chi connectivity index (χ3v) is 6.62. The second-order valence-electron chi connectivity index (χ2n) is 7.65. The molecule has 0 spiro atoms. The largest absolute Gasteiger partial charge is 0.0713 e. The lowest BCUT2D eigenvalue weighted by Gasteiger charge is -2.34. The highest BCUT2D eigenvalue weighted by Gasteiger charge is 2.46. The molecule has 4 aromatic carbocycles. The average Bonchev–Trinajstić information content (AvgIpc) is 2.99. The predicted molar refractivity (Wildman–Crippen MR) is 121 cm³/mol. The van der Waals surface area contributed by atoms with Crippen LogP contribution >= 0.6 is 15.9 Å². The fourth-order valence-corrected chi connectivity index (χ4v) is 5.09. The summed E-state index contributed by atoms with van der Waals surface area (Å²) in [5.74, 6) is 0. The Morgan fingerprint density at radius 1 is 0.571 bits per heavy atom. The molecule has 0 nitrogen and oxygen atoms in total. The van der Waals surface area contributed by atoms with Gasteiger partial charge in [0.05, 0.1) is 5.41 Å². The Labute approximate surface area is 175 Å². The first-order valence-corrected chi connectivity index (χ1v) is 10.4. The van der Waals surface area contributed by atoms with E-state index in [0.717, 1.165) is 4.47 Å². The van der Waals surface area contributed by atoms with Crippen LogP contribution in [0.4, 0.5) is 0 Å². The van der Waals surface area contributed by atoms with E-state index in [1.54, 1.807) is 0 Å². The maximum atomic E-state index is 3.70. The van der Waals surface area contributed by atoms with Gasteiger partial charge in [0.15, 0.2) is 0 Å². The van der Waals surface area contributed by atoms with E-state index >= 15 is 0 Å². The minimum Gasteiger partial charge on any atom is -0.0622 e. The smallest absolute Gasteiger partial charge is 0.0622 e. The van der Waals surface area contributed by atoms with Gasteiger partial charge in [-0.05, 0) is 70.5 Å². The molecular weight excluding hydrogens is 404 g/mol. The molecule has 0 unspecified atom stereocenters. The van der Waals surface area contributed by atoms with Gasteiger partial charge in [-0.1, -0.05) is 94.8 Å². The number of hydrogen-bond donors (Lipinski definition) is 0. The third-order valence-electron chi connectivity index (χ3n) is 6.13. The van der Waals surface area contributed by atoms with Gasteiger partial charge in [-0.15, -0.1) is 0 Å². The zero-order valence-corrected chi connectivity index (χ0v) is 17.6. The van der Waals surface area contributed by atoms with Crippen molar-refractivity contribution < 1.29 is 0 Å². The number of halogens is 1. The second-order valence-corrected chi connectivity index (χ2v) is 8.57. The highest BCUT2D eigenvalue weighted by Crippen LogP contribution is 2.56. The van der Waals surface area contributed by atoms with Gasteiger partial charge in [0.2, 0.25) is 0 Å². The molecule has 0 atom stereocenters. The molecule has 1 aliphatic carbocycles. The average molecular weight is 425 g/mol. The topological polar surface area (TPSA) is 0 Å². The van der Waals surface area contributed by atoms with E-state index in [2.05, 4.69) is 121 Å². The Kier molecular flexibility index (Phi) is 4.03. The van der Waals surface area contributed by atoms with Gasteiger partial charge in [0.25, 0.3) is 0 Å². The number of rotatable bonds is 2. The van der Waals surface area contributed by atoms with Crippen LogP contribution in [0.25, 0.3) is 11.1 Å². The van der Waals surface area contributed by atoms with Gasteiger partial charge in [-0.3, -0.25) is 0 Å². The molecule has 0 N–H and O–H groups in total. The van der Waals surface area contributed by atoms with Crippen molar-refractivity contribution in [1.82, 2.24) is 0 Å². The van der Waals surface area contributed by atoms with E-state index in [9.17, 15) is 0 Å². The van der Waals surface area contributed by atoms with E-state index in [0.29, 0.717) is 0 Å². The summed E-state index contributed by atoms with van der Waals surface area (Å²) in [6.45, 7) is 4.42. The van der Waals surface area contributed by atoms with Crippen molar-refractivity contribution in [2.75, 3.05) is 0 Å². The van der Waals surface area contributed by atoms with Gasteiger partial charge >= 0.3 is 0 Å². The Morgan fingerprint density at radius 2 is 1.11 bits per heavy atom. The number of benzene rings is 4. The number of fused-ring (bicyclic) bond motifs is 3. The predicted octanol–water partition coefficient (Wildman–Crippen LogP) is 7.43. The highest BCUT2D eigenvalue weighted by atomic mass is 79.9. The summed E-state index contributed by atoms with van der Waals surface area (Å²) < 4.78 is 1.12. The summed E-state index contributed by atoms with van der Waals surface area (Å²) in [6.07, 6.45) is 0. The summed E-state index contributed by atoms with van der Waals surface area (Å²) in [7, 11) is 0. The Morgan fingerprint density at radius 3 is 1.71 bits per heavy atom. The first kappa shape index (κ1) is 17.5. The van der Waals surface area contributed by atoms with Gasteiger partial charge < -0.3 is 0 Å². The molecule has 1 aliphatic rings. The van der Waals surface area contributed by atoms with E-state index < -0.39 is 0 Å². The minimum atomic E-state index is -0.299. The lowest BCUT2D eigenvalue weighted by Crippen LogP contribution is -2.28. The second kappa shape index (κ2) is 6.46. The molecule has 0 saturated heterocycles. The molecular formula is C27H21Br. The Balaban J connectivity index is 2.00. The summed E-state index contributed by atoms with van der Waals surface area (Å²) in [6, 6.07) is 33.4. The zero-order chi connectivity index (χ0) is 19.3. The van der Waals surface area contributed by atoms with Crippen LogP contribution in [0.2, 0.25) is 0 Å². The molecule has 5 rings (SSSR count). The van der Waals surface area contributed by atoms with Crippen molar-refractivity contribution in [3.05, 3.63) is 129 Å². The fraction of sp³-hybridized carbons (Fsp3) is 0.111. The molecule has 0 aliphatic heterocycles. The summed E-state index contributed by atoms with van der Waals surface area (Å²) >= 11 is 3.70. The van der Waals surface area contributed by atoms with Crippen LogP contribution in [0, 0.1) is 13.8 Å². The first-order chi connectivity index (χ1) is 13.6. The zero-order valence-electron chi connectivity index (χ0n) is 16.0. The van der Waals surface area contributed by atoms with Gasteiger partial charge in [-0.2, -0.15) is 0 Å². The molecule has 0 heterocycles. The van der Waals surface area contributed by atoms with Crippen LogP contribution < -0.4 is 0 Å². The normalized spacial score (nSPS) is 13.8. The number of hydrogen-bond acceptors (Lipinski definition) is 0. The van der Waals surface area contributed by atoms with E-state index in [1.807, 2.05) is 0 Å². The SMILES string of the molecule is Cc1cc2c(cc1C)C(c1ccccc1)(c1ccccc1)c1ccc(Br)cc1-2. The standard InChI is InChI=1S/C27H21Br/c1-18-15-23-24-17-22(28)13-14-25(24)27(26(23)16-19(18)2,20-9-5-3-6-10-20)21-11-7-4-8-12-21/h3-17H,1-2H3. The van der Waals surface area contributed by atoms with Gasteiger partial charge in [0, 0.05) is 4.47 Å². The minimum absolute atomic E-state index is 0.299. The van der Waals surface area contributed by atoms with Crippen molar-refractivity contribution >= 4 is 15.9 Å². The van der Waals surface area contributed by atoms with E-state index in [-0.39, 0.29) is 5.41 Å². The molecule has 0 saturated carbocycles. The fourth-order valence-electron chi connectivity index (χ4n) is 4.73. The van der Waals surface area contributed by atoms with Crippen molar-refractivity contribution in [1.29, 1.82) is 0 Å². The van der Waals surface area contributed by atoms with Crippen LogP contribution in [-0.4, -0.2) is 0 Å². The van der Waals surface area contributed by atoms with Crippen molar-refractivity contribution in [3.63, 3.8) is 0 Å². The lowest BCUT2D eigenvalue weighted by atomic mass is 9.67. The molecule has 1 heteroatoms. The maximum Gasteiger partial charge on any atom is 0.0713 e. The summed E-state index contributed by atoms with van der Waals surface area (Å²) in [5, 5.41) is 0. The monoisotopic (exact) mass is 424 g/mol. The number of aryl methyl sites for hydroxylation is 2. The maximum absolute atomic E-state index is 3.70. The van der Waals surface area contributed by atoms with Crippen LogP contribution in [0.3, 0.4) is 0 Å². The Hall–Kier alpha value is -2.64. The van der Waals surface area contributed by atoms with E-state index in [1.165, 1.54) is 44.5 Å². The summed E-state index contributed by atoms with van der Waals surface area (Å²) in [5.41, 5.74) is 10.4. The first-order valence-electron chi connectivity index (χ1n) is 9.65.